The van der Waals surface area contributed by atoms with Crippen LogP contribution in [0.2, 0.25) is 0 Å². The van der Waals surface area contributed by atoms with Gasteiger partial charge in [-0.3, -0.25) is 9.78 Å². The Morgan fingerprint density at radius 1 is 1.12 bits per heavy atom. The SMILES string of the molecule is COc1ccc(-c2csc(CC(=O)c3ccccn3)n2)cc1OC. The Bertz CT molecular complexity index is 846. The number of carbonyl (C=O) groups excluding carboxylic acids is 1. The van der Waals surface area contributed by atoms with Crippen LogP contribution in [0.1, 0.15) is 15.5 Å². The van der Waals surface area contributed by atoms with Gasteiger partial charge in [0.2, 0.25) is 0 Å². The predicted molar refractivity (Wildman–Crippen MR) is 92.9 cm³/mol. The summed E-state index contributed by atoms with van der Waals surface area (Å²) in [5, 5.41) is 2.69. The van der Waals surface area contributed by atoms with Crippen molar-refractivity contribution in [1.82, 2.24) is 9.97 Å². The Morgan fingerprint density at radius 2 is 1.96 bits per heavy atom. The van der Waals surface area contributed by atoms with E-state index < -0.39 is 0 Å². The predicted octanol–water partition coefficient (Wildman–Crippen LogP) is 3.65. The number of rotatable bonds is 6. The highest BCUT2D eigenvalue weighted by Crippen LogP contribution is 2.32. The van der Waals surface area contributed by atoms with Gasteiger partial charge in [0.25, 0.3) is 0 Å². The minimum absolute atomic E-state index is 0.0381. The van der Waals surface area contributed by atoms with E-state index in [-0.39, 0.29) is 12.2 Å². The van der Waals surface area contributed by atoms with Crippen LogP contribution in [0.25, 0.3) is 11.3 Å². The first-order valence-electron chi connectivity index (χ1n) is 7.32. The van der Waals surface area contributed by atoms with Gasteiger partial charge >= 0.3 is 0 Å². The molecule has 0 N–H and O–H groups in total. The molecule has 2 heterocycles. The summed E-state index contributed by atoms with van der Waals surface area (Å²) in [4.78, 5) is 20.8. The van der Waals surface area contributed by atoms with E-state index >= 15 is 0 Å². The number of ether oxygens (including phenoxy) is 2. The van der Waals surface area contributed by atoms with E-state index in [9.17, 15) is 4.79 Å². The summed E-state index contributed by atoms with van der Waals surface area (Å²) in [5.41, 5.74) is 2.19. The number of ketones is 1. The molecule has 0 amide bonds. The van der Waals surface area contributed by atoms with E-state index in [0.29, 0.717) is 17.2 Å². The molecule has 0 aliphatic rings. The minimum Gasteiger partial charge on any atom is -0.493 e. The standard InChI is InChI=1S/C18H16N2O3S/c1-22-16-7-6-12(9-17(16)23-2)14-11-24-18(20-14)10-15(21)13-5-3-4-8-19-13/h3-9,11H,10H2,1-2H3. The Hall–Kier alpha value is -2.73. The number of benzene rings is 1. The lowest BCUT2D eigenvalue weighted by molar-refractivity contribution is 0.0988. The fourth-order valence-electron chi connectivity index (χ4n) is 2.28. The molecule has 0 fully saturated rings. The number of methoxy groups -OCH3 is 2. The summed E-state index contributed by atoms with van der Waals surface area (Å²) in [6.07, 6.45) is 1.86. The molecule has 0 saturated heterocycles. The molecule has 6 heteroatoms. The normalized spacial score (nSPS) is 10.4. The molecular formula is C18H16N2O3S. The third kappa shape index (κ3) is 3.44. The van der Waals surface area contributed by atoms with E-state index in [1.54, 1.807) is 38.6 Å². The number of hydrogen-bond donors (Lipinski definition) is 0. The van der Waals surface area contributed by atoms with Crippen molar-refractivity contribution in [3.8, 4) is 22.8 Å². The molecule has 0 spiro atoms. The van der Waals surface area contributed by atoms with Crippen LogP contribution in [-0.4, -0.2) is 30.0 Å². The molecule has 0 radical (unpaired) electrons. The Morgan fingerprint density at radius 3 is 2.67 bits per heavy atom. The average molecular weight is 340 g/mol. The van der Waals surface area contributed by atoms with E-state index in [4.69, 9.17) is 9.47 Å². The molecule has 3 rings (SSSR count). The van der Waals surface area contributed by atoms with Gasteiger partial charge in [-0.05, 0) is 30.3 Å². The first kappa shape index (κ1) is 16.1. The van der Waals surface area contributed by atoms with Gasteiger partial charge in [0.1, 0.15) is 10.7 Å². The molecule has 0 atom stereocenters. The van der Waals surface area contributed by atoms with Crippen molar-refractivity contribution in [2.45, 2.75) is 6.42 Å². The molecule has 3 aromatic rings. The largest absolute Gasteiger partial charge is 0.493 e. The fourth-order valence-corrected chi connectivity index (χ4v) is 3.08. The Kier molecular flexibility index (Phi) is 4.86. The number of carbonyl (C=O) groups is 1. The van der Waals surface area contributed by atoms with Crippen molar-refractivity contribution in [1.29, 1.82) is 0 Å². The molecule has 0 saturated carbocycles. The maximum atomic E-state index is 12.2. The quantitative estimate of drug-likeness (QED) is 0.641. The van der Waals surface area contributed by atoms with E-state index in [2.05, 4.69) is 9.97 Å². The number of hydrogen-bond acceptors (Lipinski definition) is 6. The zero-order valence-electron chi connectivity index (χ0n) is 13.4. The highest BCUT2D eigenvalue weighted by molar-refractivity contribution is 7.10. The number of thiazole rings is 1. The fraction of sp³-hybridized carbons (Fsp3) is 0.167. The van der Waals surface area contributed by atoms with Crippen LogP contribution >= 0.6 is 11.3 Å². The van der Waals surface area contributed by atoms with Crippen molar-refractivity contribution in [2.75, 3.05) is 14.2 Å². The first-order valence-corrected chi connectivity index (χ1v) is 8.20. The summed E-state index contributed by atoms with van der Waals surface area (Å²) >= 11 is 1.46. The second-order valence-corrected chi connectivity index (χ2v) is 5.95. The highest BCUT2D eigenvalue weighted by Gasteiger charge is 2.13. The van der Waals surface area contributed by atoms with Gasteiger partial charge in [0.15, 0.2) is 17.3 Å². The molecule has 2 aromatic heterocycles. The lowest BCUT2D eigenvalue weighted by Crippen LogP contribution is -2.05. The highest BCUT2D eigenvalue weighted by atomic mass is 32.1. The third-order valence-corrected chi connectivity index (χ3v) is 4.34. The number of pyridine rings is 1. The second kappa shape index (κ2) is 7.23. The Labute approximate surface area is 143 Å². The average Bonchev–Trinajstić information content (AvgIpc) is 3.10. The summed E-state index contributed by atoms with van der Waals surface area (Å²) in [6.45, 7) is 0. The molecule has 1 aromatic carbocycles. The van der Waals surface area contributed by atoms with Gasteiger partial charge in [0, 0.05) is 17.1 Å². The van der Waals surface area contributed by atoms with Gasteiger partial charge in [-0.15, -0.1) is 11.3 Å². The van der Waals surface area contributed by atoms with E-state index in [0.717, 1.165) is 16.3 Å². The maximum Gasteiger partial charge on any atom is 0.187 e. The number of Topliss-reactive ketones (excluding diaryl/α,β-unsaturated/α-hetero) is 1. The number of nitrogens with zero attached hydrogens (tertiary/aromatic N) is 2. The van der Waals surface area contributed by atoms with Gasteiger partial charge in [-0.25, -0.2) is 4.98 Å². The molecule has 122 valence electrons. The van der Waals surface area contributed by atoms with Crippen molar-refractivity contribution >= 4 is 17.1 Å². The molecule has 0 aliphatic heterocycles. The topological polar surface area (TPSA) is 61.3 Å². The number of aromatic nitrogens is 2. The van der Waals surface area contributed by atoms with Crippen molar-refractivity contribution in [3.63, 3.8) is 0 Å². The summed E-state index contributed by atoms with van der Waals surface area (Å²) in [6, 6.07) is 10.9. The molecule has 5 nitrogen and oxygen atoms in total. The zero-order valence-corrected chi connectivity index (χ0v) is 14.2. The van der Waals surface area contributed by atoms with Crippen molar-refractivity contribution in [2.24, 2.45) is 0 Å². The van der Waals surface area contributed by atoms with Gasteiger partial charge in [-0.2, -0.15) is 0 Å². The Balaban J connectivity index is 1.79. The lowest BCUT2D eigenvalue weighted by atomic mass is 10.1. The van der Waals surface area contributed by atoms with Crippen LogP contribution in [0.3, 0.4) is 0 Å². The molecule has 0 aliphatic carbocycles. The van der Waals surface area contributed by atoms with E-state index in [1.165, 1.54) is 11.3 Å². The third-order valence-electron chi connectivity index (χ3n) is 3.49. The lowest BCUT2D eigenvalue weighted by Gasteiger charge is -2.08. The summed E-state index contributed by atoms with van der Waals surface area (Å²) in [7, 11) is 3.20. The van der Waals surface area contributed by atoms with Gasteiger partial charge in [-0.1, -0.05) is 6.07 Å². The maximum absolute atomic E-state index is 12.2. The first-order chi connectivity index (χ1) is 11.7. The molecule has 0 bridgehead atoms. The molecule has 0 unspecified atom stereocenters. The van der Waals surface area contributed by atoms with Crippen LogP contribution in [0.15, 0.2) is 48.0 Å². The van der Waals surface area contributed by atoms with Crippen molar-refractivity contribution in [3.05, 3.63) is 58.7 Å². The zero-order chi connectivity index (χ0) is 16.9. The summed E-state index contributed by atoms with van der Waals surface area (Å²) in [5.74, 6) is 1.28. The van der Waals surface area contributed by atoms with E-state index in [1.807, 2.05) is 23.6 Å². The van der Waals surface area contributed by atoms with Crippen LogP contribution in [0.4, 0.5) is 0 Å². The molecule has 24 heavy (non-hydrogen) atoms. The van der Waals surface area contributed by atoms with Crippen LogP contribution < -0.4 is 9.47 Å². The summed E-state index contributed by atoms with van der Waals surface area (Å²) < 4.78 is 10.6. The van der Waals surface area contributed by atoms with Gasteiger partial charge in [0.05, 0.1) is 26.3 Å². The van der Waals surface area contributed by atoms with Crippen molar-refractivity contribution < 1.29 is 14.3 Å². The van der Waals surface area contributed by atoms with Crippen LogP contribution in [0.5, 0.6) is 11.5 Å². The smallest absolute Gasteiger partial charge is 0.187 e. The second-order valence-electron chi connectivity index (χ2n) is 5.01. The monoisotopic (exact) mass is 340 g/mol. The van der Waals surface area contributed by atoms with Gasteiger partial charge < -0.3 is 9.47 Å². The minimum atomic E-state index is -0.0381. The van der Waals surface area contributed by atoms with Crippen LogP contribution in [0, 0.1) is 0 Å². The molecular weight excluding hydrogens is 324 g/mol. The van der Waals surface area contributed by atoms with Crippen LogP contribution in [-0.2, 0) is 6.42 Å².